The van der Waals surface area contributed by atoms with Crippen molar-refractivity contribution >= 4 is 49.3 Å². The second-order valence-electron chi connectivity index (χ2n) is 11.8. The van der Waals surface area contributed by atoms with Crippen LogP contribution < -0.4 is 0 Å². The molecule has 3 aromatic heterocycles. The van der Waals surface area contributed by atoms with Gasteiger partial charge in [0.1, 0.15) is 11.6 Å². The molecule has 6 aromatic carbocycles. The van der Waals surface area contributed by atoms with Crippen molar-refractivity contribution in [2.45, 2.75) is 0 Å². The molecule has 9 aromatic rings. The molecular formula is C43H25N5. The lowest BCUT2D eigenvalue weighted by atomic mass is 9.98. The van der Waals surface area contributed by atoms with Crippen LogP contribution in [0.5, 0.6) is 0 Å². The molecule has 3 heterocycles. The Morgan fingerprint density at radius 3 is 1.67 bits per heavy atom. The summed E-state index contributed by atoms with van der Waals surface area (Å²) in [6, 6.07) is 53.8. The van der Waals surface area contributed by atoms with Gasteiger partial charge in [-0.15, -0.1) is 0 Å². The highest BCUT2D eigenvalue weighted by atomic mass is 15.1. The van der Waals surface area contributed by atoms with E-state index in [9.17, 15) is 5.26 Å². The van der Waals surface area contributed by atoms with E-state index in [4.69, 9.17) is 11.6 Å². The molecule has 0 bridgehead atoms. The van der Waals surface area contributed by atoms with Crippen molar-refractivity contribution in [2.75, 3.05) is 0 Å². The van der Waals surface area contributed by atoms with E-state index in [0.717, 1.165) is 66.7 Å². The van der Waals surface area contributed by atoms with Crippen LogP contribution in [0.25, 0.3) is 82.3 Å². The number of para-hydroxylation sites is 4. The molecule has 0 aliphatic rings. The van der Waals surface area contributed by atoms with Gasteiger partial charge in [-0.05, 0) is 76.9 Å². The zero-order valence-electron chi connectivity index (χ0n) is 25.7. The Hall–Kier alpha value is -6.95. The van der Waals surface area contributed by atoms with Gasteiger partial charge in [0, 0.05) is 21.5 Å². The predicted molar refractivity (Wildman–Crippen MR) is 195 cm³/mol. The lowest BCUT2D eigenvalue weighted by molar-refractivity contribution is 1.01. The monoisotopic (exact) mass is 611 g/mol. The third-order valence-corrected chi connectivity index (χ3v) is 9.17. The van der Waals surface area contributed by atoms with Crippen LogP contribution >= 0.6 is 0 Å². The standard InChI is InChI=1S/C43H25N5/c1-45-37-17-6-2-13-32(37)30-12-10-11-29(24-30)31-25-42(47-38-18-7-3-14-33(38)34-15-4-8-19-39(34)47)46-43(26-31)48-40-20-9-5-16-35(40)36-23-28(27-44)21-22-41(36)48/h2-26H. The Bertz CT molecular complexity index is 2770. The molecule has 48 heavy (non-hydrogen) atoms. The van der Waals surface area contributed by atoms with Gasteiger partial charge in [0.05, 0.1) is 40.3 Å². The maximum atomic E-state index is 9.72. The van der Waals surface area contributed by atoms with Crippen molar-refractivity contribution in [1.82, 2.24) is 14.1 Å². The van der Waals surface area contributed by atoms with Crippen LogP contribution in [0.4, 0.5) is 5.69 Å². The van der Waals surface area contributed by atoms with Gasteiger partial charge in [0.15, 0.2) is 5.69 Å². The fourth-order valence-electron chi connectivity index (χ4n) is 7.04. The fourth-order valence-corrected chi connectivity index (χ4v) is 7.04. The zero-order chi connectivity index (χ0) is 32.2. The van der Waals surface area contributed by atoms with Crippen LogP contribution in [0.2, 0.25) is 0 Å². The smallest absolute Gasteiger partial charge is 0.194 e. The van der Waals surface area contributed by atoms with E-state index < -0.39 is 0 Å². The molecule has 0 fully saturated rings. The minimum atomic E-state index is 0.620. The first kappa shape index (κ1) is 27.4. The van der Waals surface area contributed by atoms with E-state index in [2.05, 4.69) is 117 Å². The molecule has 0 radical (unpaired) electrons. The third kappa shape index (κ3) is 4.20. The van der Waals surface area contributed by atoms with E-state index in [0.29, 0.717) is 11.3 Å². The number of fused-ring (bicyclic) bond motifs is 6. The van der Waals surface area contributed by atoms with Gasteiger partial charge in [-0.2, -0.15) is 5.26 Å². The van der Waals surface area contributed by atoms with Gasteiger partial charge < -0.3 is 0 Å². The van der Waals surface area contributed by atoms with Crippen LogP contribution in [0.1, 0.15) is 5.56 Å². The zero-order valence-corrected chi connectivity index (χ0v) is 25.7. The number of aromatic nitrogens is 3. The number of nitriles is 1. The van der Waals surface area contributed by atoms with Crippen molar-refractivity contribution in [3.8, 4) is 40.0 Å². The normalized spacial score (nSPS) is 11.3. The molecule has 0 amide bonds. The Balaban J connectivity index is 1.37. The number of hydrogen-bond donors (Lipinski definition) is 0. The van der Waals surface area contributed by atoms with Crippen molar-refractivity contribution in [3.63, 3.8) is 0 Å². The molecule has 0 saturated heterocycles. The Labute approximate surface area is 276 Å². The van der Waals surface area contributed by atoms with Crippen LogP contribution in [-0.2, 0) is 0 Å². The Kier molecular flexibility index (Phi) is 6.18. The summed E-state index contributed by atoms with van der Waals surface area (Å²) in [5, 5.41) is 14.1. The highest BCUT2D eigenvalue weighted by Crippen LogP contribution is 2.38. The summed E-state index contributed by atoms with van der Waals surface area (Å²) in [4.78, 5) is 9.20. The molecular weight excluding hydrogens is 587 g/mol. The van der Waals surface area contributed by atoms with E-state index >= 15 is 0 Å². The van der Waals surface area contributed by atoms with E-state index in [1.54, 1.807) is 0 Å². The quantitative estimate of drug-likeness (QED) is 0.186. The molecule has 0 saturated carbocycles. The van der Waals surface area contributed by atoms with Gasteiger partial charge >= 0.3 is 0 Å². The van der Waals surface area contributed by atoms with E-state index in [1.165, 1.54) is 10.8 Å². The first-order valence-corrected chi connectivity index (χ1v) is 15.7. The minimum absolute atomic E-state index is 0.620. The molecule has 0 spiro atoms. The summed E-state index contributed by atoms with van der Waals surface area (Å²) in [7, 11) is 0. The first-order valence-electron chi connectivity index (χ1n) is 15.7. The lowest BCUT2D eigenvalue weighted by Gasteiger charge is -2.15. The van der Waals surface area contributed by atoms with Gasteiger partial charge in [0.25, 0.3) is 0 Å². The topological polar surface area (TPSA) is 50.9 Å². The predicted octanol–water partition coefficient (Wildman–Crippen LogP) is 11.0. The van der Waals surface area contributed by atoms with Crippen molar-refractivity contribution in [3.05, 3.63) is 169 Å². The maximum absolute atomic E-state index is 9.72. The molecule has 5 heteroatoms. The summed E-state index contributed by atoms with van der Waals surface area (Å²) in [5.74, 6) is 1.57. The molecule has 222 valence electrons. The Morgan fingerprint density at radius 1 is 0.500 bits per heavy atom. The highest BCUT2D eigenvalue weighted by molar-refractivity contribution is 6.10. The Morgan fingerprint density at radius 2 is 1.04 bits per heavy atom. The van der Waals surface area contributed by atoms with Gasteiger partial charge in [-0.1, -0.05) is 97.1 Å². The summed E-state index contributed by atoms with van der Waals surface area (Å²) in [6.07, 6.45) is 0. The third-order valence-electron chi connectivity index (χ3n) is 9.17. The van der Waals surface area contributed by atoms with Crippen molar-refractivity contribution < 1.29 is 0 Å². The summed E-state index contributed by atoms with van der Waals surface area (Å²) >= 11 is 0. The minimum Gasteiger partial charge on any atom is -0.294 e. The SMILES string of the molecule is [C-]#[N+]c1ccccc1-c1cccc(-c2cc(-n3c4ccccc4c4ccccc43)nc(-n3c4ccccc4c4cc(C#N)ccc43)c2)c1. The number of benzene rings is 6. The second kappa shape index (κ2) is 10.8. The first-order chi connectivity index (χ1) is 23.7. The number of nitrogens with zero attached hydrogens (tertiary/aromatic N) is 5. The van der Waals surface area contributed by atoms with E-state index in [1.807, 2.05) is 54.6 Å². The average molecular weight is 612 g/mol. The van der Waals surface area contributed by atoms with E-state index in [-0.39, 0.29) is 0 Å². The number of pyridine rings is 1. The van der Waals surface area contributed by atoms with Crippen LogP contribution in [-0.4, -0.2) is 14.1 Å². The average Bonchev–Trinajstić information content (AvgIpc) is 3.67. The molecule has 0 aliphatic carbocycles. The van der Waals surface area contributed by atoms with Gasteiger partial charge in [-0.3, -0.25) is 9.13 Å². The maximum Gasteiger partial charge on any atom is 0.194 e. The summed E-state index contributed by atoms with van der Waals surface area (Å²) in [5.41, 5.74) is 9.30. The molecule has 5 nitrogen and oxygen atoms in total. The van der Waals surface area contributed by atoms with Gasteiger partial charge in [-0.25, -0.2) is 9.83 Å². The summed E-state index contributed by atoms with van der Waals surface area (Å²) in [6.45, 7) is 7.75. The second-order valence-corrected chi connectivity index (χ2v) is 11.8. The molecule has 9 rings (SSSR count). The number of hydrogen-bond acceptors (Lipinski definition) is 2. The molecule has 0 aliphatic heterocycles. The fraction of sp³-hybridized carbons (Fsp3) is 0. The van der Waals surface area contributed by atoms with Crippen molar-refractivity contribution in [2.24, 2.45) is 0 Å². The summed E-state index contributed by atoms with van der Waals surface area (Å²) < 4.78 is 4.45. The van der Waals surface area contributed by atoms with Crippen molar-refractivity contribution in [1.29, 1.82) is 5.26 Å². The molecule has 0 N–H and O–H groups in total. The van der Waals surface area contributed by atoms with Crippen LogP contribution in [0.15, 0.2) is 152 Å². The molecule has 0 atom stereocenters. The molecule has 0 unspecified atom stereocenters. The van der Waals surface area contributed by atoms with Crippen LogP contribution in [0, 0.1) is 17.9 Å². The highest BCUT2D eigenvalue weighted by Gasteiger charge is 2.19. The van der Waals surface area contributed by atoms with Gasteiger partial charge in [0.2, 0.25) is 0 Å². The number of rotatable bonds is 4. The lowest BCUT2D eigenvalue weighted by Crippen LogP contribution is -2.04. The van der Waals surface area contributed by atoms with Crippen LogP contribution in [0.3, 0.4) is 0 Å². The largest absolute Gasteiger partial charge is 0.294 e.